The van der Waals surface area contributed by atoms with Gasteiger partial charge in [0.25, 0.3) is 0 Å². The number of hydrogen-bond acceptors (Lipinski definition) is 6. The van der Waals surface area contributed by atoms with Crippen molar-refractivity contribution in [2.24, 2.45) is 0 Å². The van der Waals surface area contributed by atoms with E-state index in [1.54, 1.807) is 6.20 Å². The molecule has 1 saturated heterocycles. The van der Waals surface area contributed by atoms with Crippen molar-refractivity contribution in [2.75, 3.05) is 11.9 Å². The van der Waals surface area contributed by atoms with E-state index in [1.165, 1.54) is 0 Å². The Morgan fingerprint density at radius 1 is 1.13 bits per heavy atom. The van der Waals surface area contributed by atoms with Crippen LogP contribution in [0.2, 0.25) is 0 Å². The van der Waals surface area contributed by atoms with Crippen LogP contribution in [0.3, 0.4) is 0 Å². The van der Waals surface area contributed by atoms with Crippen LogP contribution in [0.25, 0.3) is 11.0 Å². The monoisotopic (exact) mass is 317 g/mol. The van der Waals surface area contributed by atoms with Crippen LogP contribution in [-0.2, 0) is 4.74 Å². The van der Waals surface area contributed by atoms with Crippen molar-refractivity contribution >= 4 is 17.0 Å². The van der Waals surface area contributed by atoms with Crippen molar-refractivity contribution in [3.63, 3.8) is 0 Å². The van der Waals surface area contributed by atoms with Gasteiger partial charge in [-0.3, -0.25) is 0 Å². The Hall–Kier alpha value is -1.73. The van der Waals surface area contributed by atoms with Crippen LogP contribution < -0.4 is 5.32 Å². The molecule has 2 fully saturated rings. The topological polar surface area (TPSA) is 85.1 Å². The molecule has 1 saturated carbocycles. The molecule has 0 bridgehead atoms. The summed E-state index contributed by atoms with van der Waals surface area (Å²) in [6, 6.07) is 0.332. The maximum atomic E-state index is 9.60. The van der Waals surface area contributed by atoms with Crippen LogP contribution in [0.15, 0.2) is 12.4 Å². The Balaban J connectivity index is 1.54. The number of nitrogens with one attached hydrogen (secondary N) is 1. The van der Waals surface area contributed by atoms with E-state index >= 15 is 0 Å². The molecule has 1 atom stereocenters. The molecule has 4 rings (SSSR count). The standard InChI is InChI=1S/C16H23N5O2/c22-13-6-4-12(5-7-13)19-16-17-9-11-10-18-21(15(11)20-16)14-3-1-2-8-23-14/h9-10,12-14,22H,1-8H2,(H,17,19,20). The van der Waals surface area contributed by atoms with E-state index in [0.29, 0.717) is 12.0 Å². The van der Waals surface area contributed by atoms with Crippen molar-refractivity contribution in [3.8, 4) is 0 Å². The lowest BCUT2D eigenvalue weighted by molar-refractivity contribution is -0.0370. The summed E-state index contributed by atoms with van der Waals surface area (Å²) in [4.78, 5) is 9.06. The minimum atomic E-state index is -0.152. The SMILES string of the molecule is OC1CCC(Nc2ncc3cnn(C4CCCCO4)c3n2)CC1. The number of aliphatic hydroxyl groups is 1. The Morgan fingerprint density at radius 2 is 2.00 bits per heavy atom. The number of nitrogens with zero attached hydrogens (tertiary/aromatic N) is 4. The summed E-state index contributed by atoms with van der Waals surface area (Å²) >= 11 is 0. The molecule has 0 aromatic carbocycles. The lowest BCUT2D eigenvalue weighted by atomic mass is 9.93. The zero-order valence-corrected chi connectivity index (χ0v) is 13.2. The smallest absolute Gasteiger partial charge is 0.224 e. The number of aromatic nitrogens is 4. The molecule has 23 heavy (non-hydrogen) atoms. The second-order valence-electron chi connectivity index (χ2n) is 6.53. The Labute approximate surface area is 135 Å². The first-order valence-corrected chi connectivity index (χ1v) is 8.56. The fourth-order valence-electron chi connectivity index (χ4n) is 3.44. The maximum Gasteiger partial charge on any atom is 0.224 e. The number of fused-ring (bicyclic) bond motifs is 1. The minimum absolute atomic E-state index is 0.0196. The minimum Gasteiger partial charge on any atom is -0.393 e. The lowest BCUT2D eigenvalue weighted by Crippen LogP contribution is -2.29. The molecule has 7 heteroatoms. The zero-order chi connectivity index (χ0) is 15.6. The first-order valence-electron chi connectivity index (χ1n) is 8.56. The molecule has 2 aromatic heterocycles. The normalized spacial score (nSPS) is 28.8. The van der Waals surface area contributed by atoms with Crippen molar-refractivity contribution in [1.82, 2.24) is 19.7 Å². The molecular formula is C16H23N5O2. The van der Waals surface area contributed by atoms with Crippen molar-refractivity contribution < 1.29 is 9.84 Å². The van der Waals surface area contributed by atoms with Gasteiger partial charge >= 0.3 is 0 Å². The van der Waals surface area contributed by atoms with E-state index in [9.17, 15) is 5.11 Å². The fourth-order valence-corrected chi connectivity index (χ4v) is 3.44. The summed E-state index contributed by atoms with van der Waals surface area (Å²) < 4.78 is 7.70. The lowest BCUT2D eigenvalue weighted by Gasteiger charge is -2.26. The highest BCUT2D eigenvalue weighted by Gasteiger charge is 2.22. The van der Waals surface area contributed by atoms with Gasteiger partial charge in [-0.25, -0.2) is 9.67 Å². The molecule has 7 nitrogen and oxygen atoms in total. The third kappa shape index (κ3) is 3.16. The molecule has 0 radical (unpaired) electrons. The summed E-state index contributed by atoms with van der Waals surface area (Å²) in [6.45, 7) is 0.784. The first kappa shape index (κ1) is 14.8. The van der Waals surface area contributed by atoms with Crippen molar-refractivity contribution in [1.29, 1.82) is 0 Å². The van der Waals surface area contributed by atoms with Gasteiger partial charge in [0.05, 0.1) is 17.7 Å². The van der Waals surface area contributed by atoms with Gasteiger partial charge in [0.15, 0.2) is 11.9 Å². The Kier molecular flexibility index (Phi) is 4.13. The van der Waals surface area contributed by atoms with E-state index in [0.717, 1.165) is 62.6 Å². The van der Waals surface area contributed by atoms with E-state index in [2.05, 4.69) is 20.4 Å². The molecule has 3 heterocycles. The third-order valence-electron chi connectivity index (χ3n) is 4.79. The van der Waals surface area contributed by atoms with Gasteiger partial charge in [-0.1, -0.05) is 0 Å². The summed E-state index contributed by atoms with van der Waals surface area (Å²) in [7, 11) is 0. The fraction of sp³-hybridized carbons (Fsp3) is 0.688. The van der Waals surface area contributed by atoms with Crippen LogP contribution in [0.1, 0.15) is 51.2 Å². The predicted octanol–water partition coefficient (Wildman–Crippen LogP) is 2.24. The van der Waals surface area contributed by atoms with Crippen LogP contribution in [-0.4, -0.2) is 43.6 Å². The second kappa shape index (κ2) is 6.41. The van der Waals surface area contributed by atoms with E-state index < -0.39 is 0 Å². The highest BCUT2D eigenvalue weighted by atomic mass is 16.5. The second-order valence-corrected chi connectivity index (χ2v) is 6.53. The number of rotatable bonds is 3. The van der Waals surface area contributed by atoms with Crippen molar-refractivity contribution in [2.45, 2.75) is 63.3 Å². The molecule has 0 amide bonds. The van der Waals surface area contributed by atoms with Crippen LogP contribution in [0.4, 0.5) is 5.95 Å². The molecule has 1 unspecified atom stereocenters. The van der Waals surface area contributed by atoms with Gasteiger partial charge < -0.3 is 15.2 Å². The van der Waals surface area contributed by atoms with Crippen LogP contribution in [0, 0.1) is 0 Å². The first-order chi connectivity index (χ1) is 11.3. The number of hydrogen-bond donors (Lipinski definition) is 2. The van der Waals surface area contributed by atoms with E-state index in [-0.39, 0.29) is 12.3 Å². The zero-order valence-electron chi connectivity index (χ0n) is 13.2. The quantitative estimate of drug-likeness (QED) is 0.903. The van der Waals surface area contributed by atoms with Crippen LogP contribution in [0.5, 0.6) is 0 Å². The molecule has 0 spiro atoms. The Morgan fingerprint density at radius 3 is 2.78 bits per heavy atom. The average molecular weight is 317 g/mol. The summed E-state index contributed by atoms with van der Waals surface area (Å²) in [5, 5.41) is 18.4. The number of aliphatic hydroxyl groups excluding tert-OH is 1. The predicted molar refractivity (Wildman–Crippen MR) is 86.0 cm³/mol. The van der Waals surface area contributed by atoms with Gasteiger partial charge in [-0.15, -0.1) is 0 Å². The number of anilines is 1. The highest BCUT2D eigenvalue weighted by molar-refractivity contribution is 5.74. The third-order valence-corrected chi connectivity index (χ3v) is 4.79. The van der Waals surface area contributed by atoms with E-state index in [1.807, 2.05) is 10.9 Å². The van der Waals surface area contributed by atoms with Crippen LogP contribution >= 0.6 is 0 Å². The molecule has 2 N–H and O–H groups in total. The number of ether oxygens (including phenoxy) is 1. The molecule has 2 aromatic rings. The molecule has 1 aliphatic carbocycles. The Bertz CT molecular complexity index is 660. The average Bonchev–Trinajstić information content (AvgIpc) is 3.01. The summed E-state index contributed by atoms with van der Waals surface area (Å²) in [5.41, 5.74) is 0.824. The summed E-state index contributed by atoms with van der Waals surface area (Å²) in [6.07, 6.45) is 10.3. The maximum absolute atomic E-state index is 9.60. The van der Waals surface area contributed by atoms with Gasteiger partial charge in [0.2, 0.25) is 5.95 Å². The molecular weight excluding hydrogens is 294 g/mol. The van der Waals surface area contributed by atoms with Gasteiger partial charge in [-0.05, 0) is 44.9 Å². The molecule has 1 aliphatic heterocycles. The molecule has 2 aliphatic rings. The molecule has 124 valence electrons. The highest BCUT2D eigenvalue weighted by Crippen LogP contribution is 2.26. The largest absolute Gasteiger partial charge is 0.393 e. The van der Waals surface area contributed by atoms with Crippen molar-refractivity contribution in [3.05, 3.63) is 12.4 Å². The summed E-state index contributed by atoms with van der Waals surface area (Å²) in [5.74, 6) is 0.636. The van der Waals surface area contributed by atoms with Gasteiger partial charge in [0.1, 0.15) is 0 Å². The van der Waals surface area contributed by atoms with Gasteiger partial charge in [-0.2, -0.15) is 10.1 Å². The van der Waals surface area contributed by atoms with Gasteiger partial charge in [0, 0.05) is 18.8 Å². The van der Waals surface area contributed by atoms with E-state index in [4.69, 9.17) is 4.74 Å².